The predicted octanol–water partition coefficient (Wildman–Crippen LogP) is 2.06. The molecule has 1 aliphatic heterocycles. The van der Waals surface area contributed by atoms with Gasteiger partial charge in [0.2, 0.25) is 0 Å². The zero-order valence-electron chi connectivity index (χ0n) is 12.2. The van der Waals surface area contributed by atoms with Crippen molar-refractivity contribution in [1.82, 2.24) is 9.80 Å². The average molecular weight is 276 g/mol. The van der Waals surface area contributed by atoms with Crippen LogP contribution in [0.2, 0.25) is 0 Å². The highest BCUT2D eigenvalue weighted by molar-refractivity contribution is 5.69. The van der Waals surface area contributed by atoms with Gasteiger partial charge in [-0.05, 0) is 31.5 Å². The molecule has 0 aliphatic carbocycles. The van der Waals surface area contributed by atoms with Gasteiger partial charge < -0.3 is 5.11 Å². The summed E-state index contributed by atoms with van der Waals surface area (Å²) in [6.45, 7) is 5.91. The van der Waals surface area contributed by atoms with Crippen LogP contribution >= 0.6 is 0 Å². The van der Waals surface area contributed by atoms with Crippen molar-refractivity contribution in [2.75, 3.05) is 26.2 Å². The second kappa shape index (κ2) is 7.41. The quantitative estimate of drug-likeness (QED) is 0.828. The van der Waals surface area contributed by atoms with Crippen molar-refractivity contribution >= 4 is 5.97 Å². The summed E-state index contributed by atoms with van der Waals surface area (Å²) in [6.07, 6.45) is 2.38. The Kier molecular flexibility index (Phi) is 5.56. The number of hydrogen-bond donors (Lipinski definition) is 1. The first-order valence-electron chi connectivity index (χ1n) is 7.41. The number of hydrogen-bond acceptors (Lipinski definition) is 3. The molecule has 0 bridgehead atoms. The molecule has 0 aromatic heterocycles. The zero-order valence-corrected chi connectivity index (χ0v) is 12.2. The second-order valence-corrected chi connectivity index (χ2v) is 5.47. The first kappa shape index (κ1) is 15.0. The molecule has 0 unspecified atom stereocenters. The van der Waals surface area contributed by atoms with E-state index in [0.29, 0.717) is 6.04 Å². The molecule has 0 spiro atoms. The molecule has 4 heteroatoms. The summed E-state index contributed by atoms with van der Waals surface area (Å²) in [5, 5.41) is 8.93. The summed E-state index contributed by atoms with van der Waals surface area (Å²) >= 11 is 0. The highest BCUT2D eigenvalue weighted by Crippen LogP contribution is 2.20. The maximum absolute atomic E-state index is 10.9. The summed E-state index contributed by atoms with van der Waals surface area (Å²) < 4.78 is 0. The van der Waals surface area contributed by atoms with Crippen LogP contribution in [0.1, 0.15) is 25.3 Å². The Morgan fingerprint density at radius 3 is 2.80 bits per heavy atom. The zero-order chi connectivity index (χ0) is 14.4. The van der Waals surface area contributed by atoms with Gasteiger partial charge in [-0.3, -0.25) is 14.6 Å². The largest absolute Gasteiger partial charge is 0.480 e. The molecule has 1 aliphatic rings. The summed E-state index contributed by atoms with van der Waals surface area (Å²) in [4.78, 5) is 15.4. The molecular formula is C16H24N2O2. The van der Waals surface area contributed by atoms with E-state index in [4.69, 9.17) is 5.11 Å². The number of likely N-dealkylation sites (N-methyl/N-ethyl adjacent to an activating group) is 1. The van der Waals surface area contributed by atoms with Gasteiger partial charge in [-0.25, -0.2) is 0 Å². The molecule has 1 atom stereocenters. The van der Waals surface area contributed by atoms with Crippen LogP contribution in [0.4, 0.5) is 0 Å². The molecule has 0 radical (unpaired) electrons. The van der Waals surface area contributed by atoms with E-state index < -0.39 is 5.97 Å². The number of nitrogens with zero attached hydrogens (tertiary/aromatic N) is 2. The van der Waals surface area contributed by atoms with Gasteiger partial charge in [0, 0.05) is 19.1 Å². The molecule has 20 heavy (non-hydrogen) atoms. The number of benzene rings is 1. The van der Waals surface area contributed by atoms with Crippen LogP contribution in [0.25, 0.3) is 0 Å². The molecule has 2 rings (SSSR count). The molecule has 1 fully saturated rings. The van der Waals surface area contributed by atoms with Gasteiger partial charge in [-0.1, -0.05) is 37.3 Å². The number of likely N-dealkylation sites (tertiary alicyclic amines) is 1. The number of carboxylic acids is 1. The fourth-order valence-electron chi connectivity index (χ4n) is 2.92. The van der Waals surface area contributed by atoms with Crippen molar-refractivity contribution in [2.45, 2.75) is 32.4 Å². The third kappa shape index (κ3) is 4.32. The van der Waals surface area contributed by atoms with Gasteiger partial charge >= 0.3 is 5.97 Å². The fourth-order valence-corrected chi connectivity index (χ4v) is 2.92. The maximum atomic E-state index is 10.9. The third-order valence-electron chi connectivity index (χ3n) is 4.00. The Balaban J connectivity index is 1.91. The van der Waals surface area contributed by atoms with Crippen LogP contribution in [0.3, 0.4) is 0 Å². The molecular weight excluding hydrogens is 252 g/mol. The molecule has 1 aromatic carbocycles. The summed E-state index contributed by atoms with van der Waals surface area (Å²) in [5.41, 5.74) is 1.33. The molecule has 110 valence electrons. The molecule has 1 saturated heterocycles. The number of rotatable bonds is 7. The molecule has 1 aromatic rings. The van der Waals surface area contributed by atoms with Crippen LogP contribution in [-0.2, 0) is 11.3 Å². The van der Waals surface area contributed by atoms with Gasteiger partial charge in [0.15, 0.2) is 0 Å². The van der Waals surface area contributed by atoms with E-state index in [1.807, 2.05) is 17.9 Å². The van der Waals surface area contributed by atoms with Crippen LogP contribution in [-0.4, -0.2) is 53.1 Å². The first-order chi connectivity index (χ1) is 9.69. The Morgan fingerprint density at radius 2 is 2.15 bits per heavy atom. The maximum Gasteiger partial charge on any atom is 0.317 e. The Labute approximate surface area is 121 Å². The normalized spacial score (nSPS) is 19.6. The Hall–Kier alpha value is -1.39. The predicted molar refractivity (Wildman–Crippen MR) is 79.6 cm³/mol. The molecule has 0 saturated carbocycles. The van der Waals surface area contributed by atoms with Gasteiger partial charge in [0.25, 0.3) is 0 Å². The molecule has 1 heterocycles. The Bertz CT molecular complexity index is 422. The topological polar surface area (TPSA) is 43.8 Å². The lowest BCUT2D eigenvalue weighted by Crippen LogP contribution is -2.42. The van der Waals surface area contributed by atoms with E-state index in [9.17, 15) is 4.79 Å². The lowest BCUT2D eigenvalue weighted by Gasteiger charge is -2.29. The fraction of sp³-hybridized carbons (Fsp3) is 0.562. The summed E-state index contributed by atoms with van der Waals surface area (Å²) in [5.74, 6) is -0.737. The highest BCUT2D eigenvalue weighted by atomic mass is 16.4. The van der Waals surface area contributed by atoms with Gasteiger partial charge in [-0.2, -0.15) is 0 Å². The minimum Gasteiger partial charge on any atom is -0.480 e. The molecule has 1 N–H and O–H groups in total. The van der Waals surface area contributed by atoms with E-state index in [-0.39, 0.29) is 6.54 Å². The first-order valence-corrected chi connectivity index (χ1v) is 7.41. The lowest BCUT2D eigenvalue weighted by molar-refractivity contribution is -0.138. The standard InChI is InChI=1S/C16H24N2O2/c1-2-17(13-16(19)20)12-15-9-6-10-18(15)11-14-7-4-3-5-8-14/h3-5,7-8,15H,2,6,9-13H2,1H3,(H,19,20)/t15-/m0/s1. The summed E-state index contributed by atoms with van der Waals surface area (Å²) in [7, 11) is 0. The van der Waals surface area contributed by atoms with E-state index in [1.165, 1.54) is 18.4 Å². The van der Waals surface area contributed by atoms with E-state index >= 15 is 0 Å². The Morgan fingerprint density at radius 1 is 1.40 bits per heavy atom. The number of carboxylic acid groups (broad SMARTS) is 1. The SMILES string of the molecule is CCN(CC(=O)O)C[C@@H]1CCCN1Cc1ccccc1. The van der Waals surface area contributed by atoms with Crippen molar-refractivity contribution in [2.24, 2.45) is 0 Å². The van der Waals surface area contributed by atoms with Crippen molar-refractivity contribution < 1.29 is 9.90 Å². The van der Waals surface area contributed by atoms with Crippen molar-refractivity contribution in [1.29, 1.82) is 0 Å². The van der Waals surface area contributed by atoms with Gasteiger partial charge in [-0.15, -0.1) is 0 Å². The minimum absolute atomic E-state index is 0.145. The van der Waals surface area contributed by atoms with E-state index in [2.05, 4.69) is 29.2 Å². The van der Waals surface area contributed by atoms with Gasteiger partial charge in [0.1, 0.15) is 0 Å². The van der Waals surface area contributed by atoms with Crippen LogP contribution < -0.4 is 0 Å². The second-order valence-electron chi connectivity index (χ2n) is 5.47. The van der Waals surface area contributed by atoms with Crippen molar-refractivity contribution in [3.63, 3.8) is 0 Å². The average Bonchev–Trinajstić information content (AvgIpc) is 2.86. The number of aliphatic carboxylic acids is 1. The van der Waals surface area contributed by atoms with Crippen LogP contribution in [0.15, 0.2) is 30.3 Å². The van der Waals surface area contributed by atoms with Crippen LogP contribution in [0.5, 0.6) is 0 Å². The van der Waals surface area contributed by atoms with Crippen LogP contribution in [0, 0.1) is 0 Å². The lowest BCUT2D eigenvalue weighted by atomic mass is 10.1. The monoisotopic (exact) mass is 276 g/mol. The van der Waals surface area contributed by atoms with E-state index in [1.54, 1.807) is 0 Å². The molecule has 4 nitrogen and oxygen atoms in total. The molecule has 0 amide bonds. The van der Waals surface area contributed by atoms with Gasteiger partial charge in [0.05, 0.1) is 6.54 Å². The smallest absolute Gasteiger partial charge is 0.317 e. The van der Waals surface area contributed by atoms with Crippen molar-refractivity contribution in [3.05, 3.63) is 35.9 Å². The minimum atomic E-state index is -0.737. The summed E-state index contributed by atoms with van der Waals surface area (Å²) in [6, 6.07) is 11.0. The number of carbonyl (C=O) groups is 1. The highest BCUT2D eigenvalue weighted by Gasteiger charge is 2.26. The van der Waals surface area contributed by atoms with E-state index in [0.717, 1.165) is 26.2 Å². The third-order valence-corrected chi connectivity index (χ3v) is 4.00. The van der Waals surface area contributed by atoms with Crippen molar-refractivity contribution in [3.8, 4) is 0 Å².